The van der Waals surface area contributed by atoms with Gasteiger partial charge in [0.1, 0.15) is 0 Å². The number of carbonyl (C=O) groups is 1. The molecule has 0 amide bonds. The maximum atomic E-state index is 12.3. The van der Waals surface area contributed by atoms with Crippen LogP contribution in [0.4, 0.5) is 0 Å². The van der Waals surface area contributed by atoms with Crippen molar-refractivity contribution in [1.29, 1.82) is 0 Å². The highest BCUT2D eigenvalue weighted by Gasteiger charge is 2.23. The Morgan fingerprint density at radius 2 is 1.78 bits per heavy atom. The van der Waals surface area contributed by atoms with Gasteiger partial charge in [-0.15, -0.1) is 0 Å². The molecule has 3 heteroatoms. The lowest BCUT2D eigenvalue weighted by Gasteiger charge is -1.99. The fourth-order valence-corrected chi connectivity index (χ4v) is 2.96. The Hall–Kier alpha value is -2.94. The second-order valence-corrected chi connectivity index (χ2v) is 5.81. The van der Waals surface area contributed by atoms with Gasteiger partial charge in [-0.3, -0.25) is 4.79 Å². The summed E-state index contributed by atoms with van der Waals surface area (Å²) in [7, 11) is 0. The molecule has 0 radical (unpaired) electrons. The van der Waals surface area contributed by atoms with Gasteiger partial charge in [-0.1, -0.05) is 30.3 Å². The van der Waals surface area contributed by atoms with Crippen molar-refractivity contribution < 1.29 is 9.36 Å². The number of fused-ring (bicyclic) bond motifs is 1. The SMILES string of the molecule is O=C1/C(=C/c2cc[n+](Cc3ccccc3)cc2)Cn2cccc21. The molecule has 0 bridgehead atoms. The van der Waals surface area contributed by atoms with Crippen molar-refractivity contribution >= 4 is 11.9 Å². The first kappa shape index (κ1) is 13.7. The lowest BCUT2D eigenvalue weighted by atomic mass is 10.1. The van der Waals surface area contributed by atoms with Crippen LogP contribution in [0.2, 0.25) is 0 Å². The van der Waals surface area contributed by atoms with Gasteiger partial charge < -0.3 is 4.57 Å². The van der Waals surface area contributed by atoms with Crippen LogP contribution < -0.4 is 4.57 Å². The van der Waals surface area contributed by atoms with Crippen molar-refractivity contribution in [2.45, 2.75) is 13.1 Å². The molecule has 0 aliphatic carbocycles. The van der Waals surface area contributed by atoms with Crippen molar-refractivity contribution in [2.75, 3.05) is 0 Å². The summed E-state index contributed by atoms with van der Waals surface area (Å²) < 4.78 is 4.13. The summed E-state index contributed by atoms with van der Waals surface area (Å²) in [5.41, 5.74) is 3.96. The molecular formula is C20H17N2O+. The number of carbonyl (C=O) groups excluding carboxylic acids is 1. The number of rotatable bonds is 3. The summed E-state index contributed by atoms with van der Waals surface area (Å²) in [6.07, 6.45) is 8.05. The molecule has 0 N–H and O–H groups in total. The summed E-state index contributed by atoms with van der Waals surface area (Å²) in [5.74, 6) is 0.135. The van der Waals surface area contributed by atoms with Gasteiger partial charge in [-0.25, -0.2) is 4.57 Å². The number of nitrogens with zero attached hydrogens (tertiary/aromatic N) is 2. The Labute approximate surface area is 135 Å². The first-order chi connectivity index (χ1) is 11.3. The van der Waals surface area contributed by atoms with Crippen LogP contribution in [0, 0.1) is 0 Å². The van der Waals surface area contributed by atoms with Crippen LogP contribution >= 0.6 is 0 Å². The van der Waals surface area contributed by atoms with E-state index in [4.69, 9.17) is 0 Å². The normalized spacial score (nSPS) is 15.1. The van der Waals surface area contributed by atoms with Crippen LogP contribution in [0.5, 0.6) is 0 Å². The van der Waals surface area contributed by atoms with E-state index in [0.717, 1.165) is 23.4 Å². The number of hydrogen-bond acceptors (Lipinski definition) is 1. The summed E-state index contributed by atoms with van der Waals surface area (Å²) in [6, 6.07) is 18.3. The molecule has 2 aromatic heterocycles. The number of benzene rings is 1. The molecule has 4 rings (SSSR count). The Kier molecular flexibility index (Phi) is 3.39. The summed E-state index contributed by atoms with van der Waals surface area (Å²) >= 11 is 0. The number of hydrogen-bond donors (Lipinski definition) is 0. The van der Waals surface area contributed by atoms with Gasteiger partial charge in [0.05, 0.1) is 12.2 Å². The lowest BCUT2D eigenvalue weighted by molar-refractivity contribution is -0.688. The highest BCUT2D eigenvalue weighted by Crippen LogP contribution is 2.22. The number of Topliss-reactive ketones (excluding diaryl/α,β-unsaturated/α-hetero) is 1. The topological polar surface area (TPSA) is 25.9 Å². The van der Waals surface area contributed by atoms with E-state index in [0.29, 0.717) is 6.54 Å². The highest BCUT2D eigenvalue weighted by molar-refractivity contribution is 6.12. The van der Waals surface area contributed by atoms with Gasteiger partial charge in [-0.2, -0.15) is 0 Å². The highest BCUT2D eigenvalue weighted by atomic mass is 16.1. The molecule has 0 unspecified atom stereocenters. The van der Waals surface area contributed by atoms with Gasteiger partial charge in [0.2, 0.25) is 5.78 Å². The third-order valence-corrected chi connectivity index (χ3v) is 4.16. The van der Waals surface area contributed by atoms with Crippen molar-refractivity contribution in [1.82, 2.24) is 4.57 Å². The van der Waals surface area contributed by atoms with Crippen LogP contribution in [0.15, 0.2) is 78.8 Å². The van der Waals surface area contributed by atoms with Crippen molar-refractivity contribution in [3.63, 3.8) is 0 Å². The lowest BCUT2D eigenvalue weighted by Crippen LogP contribution is -2.33. The van der Waals surface area contributed by atoms with Gasteiger partial charge in [0.25, 0.3) is 0 Å². The molecule has 0 atom stereocenters. The standard InChI is InChI=1S/C20H17N2O/c23-20-18(15-22-10-4-7-19(20)22)13-16-8-11-21(12-9-16)14-17-5-2-1-3-6-17/h1-13H,14-15H2/q+1/b18-13+. The van der Waals surface area contributed by atoms with E-state index in [-0.39, 0.29) is 5.78 Å². The van der Waals surface area contributed by atoms with Crippen LogP contribution in [0.25, 0.3) is 6.08 Å². The summed E-state index contributed by atoms with van der Waals surface area (Å²) in [5, 5.41) is 0. The third-order valence-electron chi connectivity index (χ3n) is 4.16. The predicted octanol–water partition coefficient (Wildman–Crippen LogP) is 3.10. The molecular weight excluding hydrogens is 284 g/mol. The van der Waals surface area contributed by atoms with Crippen molar-refractivity contribution in [3.05, 3.63) is 95.6 Å². The molecule has 112 valence electrons. The molecule has 3 nitrogen and oxygen atoms in total. The van der Waals surface area contributed by atoms with E-state index in [1.54, 1.807) is 0 Å². The maximum Gasteiger partial charge on any atom is 0.207 e. The first-order valence-corrected chi connectivity index (χ1v) is 7.73. The third kappa shape index (κ3) is 2.73. The van der Waals surface area contributed by atoms with Gasteiger partial charge in [-0.05, 0) is 23.8 Å². The molecule has 1 aliphatic heterocycles. The van der Waals surface area contributed by atoms with E-state index < -0.39 is 0 Å². The molecule has 23 heavy (non-hydrogen) atoms. The summed E-state index contributed by atoms with van der Waals surface area (Å²) in [4.78, 5) is 12.3. The second kappa shape index (κ2) is 5.69. The predicted molar refractivity (Wildman–Crippen MR) is 88.9 cm³/mol. The van der Waals surface area contributed by atoms with E-state index in [1.807, 2.05) is 35.0 Å². The van der Waals surface area contributed by atoms with E-state index in [1.165, 1.54) is 5.56 Å². The van der Waals surface area contributed by atoms with Gasteiger partial charge in [0, 0.05) is 29.5 Å². The number of allylic oxidation sites excluding steroid dienone is 1. The van der Waals surface area contributed by atoms with Crippen LogP contribution in [0.1, 0.15) is 21.6 Å². The van der Waals surface area contributed by atoms with Crippen LogP contribution in [-0.2, 0) is 13.1 Å². The molecule has 1 aromatic carbocycles. The zero-order valence-corrected chi connectivity index (χ0v) is 12.7. The zero-order valence-electron chi connectivity index (χ0n) is 12.7. The number of ketones is 1. The smallest absolute Gasteiger partial charge is 0.207 e. The average Bonchev–Trinajstić information content (AvgIpc) is 3.14. The molecule has 1 aliphatic rings. The van der Waals surface area contributed by atoms with Crippen LogP contribution in [-0.4, -0.2) is 10.4 Å². The molecule has 0 fully saturated rings. The Morgan fingerprint density at radius 1 is 1.00 bits per heavy atom. The van der Waals surface area contributed by atoms with Crippen molar-refractivity contribution in [3.8, 4) is 0 Å². The van der Waals surface area contributed by atoms with Gasteiger partial charge >= 0.3 is 0 Å². The van der Waals surface area contributed by atoms with Crippen molar-refractivity contribution in [2.24, 2.45) is 0 Å². The summed E-state index contributed by atoms with van der Waals surface area (Å²) in [6.45, 7) is 1.52. The minimum Gasteiger partial charge on any atom is -0.340 e. The monoisotopic (exact) mass is 301 g/mol. The largest absolute Gasteiger partial charge is 0.340 e. The van der Waals surface area contributed by atoms with E-state index >= 15 is 0 Å². The number of pyridine rings is 1. The van der Waals surface area contributed by atoms with E-state index in [2.05, 4.69) is 53.4 Å². The first-order valence-electron chi connectivity index (χ1n) is 7.73. The Morgan fingerprint density at radius 3 is 2.52 bits per heavy atom. The van der Waals surface area contributed by atoms with Crippen LogP contribution in [0.3, 0.4) is 0 Å². The fourth-order valence-electron chi connectivity index (χ4n) is 2.96. The fraction of sp³-hybridized carbons (Fsp3) is 0.100. The molecule has 0 saturated heterocycles. The molecule has 3 aromatic rings. The molecule has 0 saturated carbocycles. The number of aromatic nitrogens is 2. The second-order valence-electron chi connectivity index (χ2n) is 5.81. The Bertz CT molecular complexity index is 874. The minimum absolute atomic E-state index is 0.135. The average molecular weight is 301 g/mol. The minimum atomic E-state index is 0.135. The maximum absolute atomic E-state index is 12.3. The zero-order chi connectivity index (χ0) is 15.6. The van der Waals surface area contributed by atoms with Gasteiger partial charge in [0.15, 0.2) is 18.9 Å². The molecule has 3 heterocycles. The Balaban J connectivity index is 1.52. The van der Waals surface area contributed by atoms with E-state index in [9.17, 15) is 4.79 Å². The molecule has 0 spiro atoms. The quantitative estimate of drug-likeness (QED) is 0.539.